The highest BCUT2D eigenvalue weighted by Gasteiger charge is 2.53. The largest absolute Gasteiger partial charge is 0.366 e. The van der Waals surface area contributed by atoms with Crippen molar-refractivity contribution in [2.24, 2.45) is 23.5 Å². The van der Waals surface area contributed by atoms with Crippen LogP contribution in [0.4, 0.5) is 5.69 Å². The molecule has 0 saturated heterocycles. The molecule has 1 aromatic rings. The zero-order chi connectivity index (χ0) is 16.7. The molecule has 4 aliphatic carbocycles. The van der Waals surface area contributed by atoms with Gasteiger partial charge in [0.1, 0.15) is 0 Å². The monoisotopic (exact) mass is 328 g/mol. The molecule has 1 aromatic carbocycles. The summed E-state index contributed by atoms with van der Waals surface area (Å²) in [5.41, 5.74) is 6.71. The normalized spacial score (nSPS) is 33.4. The van der Waals surface area contributed by atoms with E-state index in [0.29, 0.717) is 23.3 Å². The third-order valence-electron chi connectivity index (χ3n) is 6.26. The van der Waals surface area contributed by atoms with Gasteiger partial charge in [0.05, 0.1) is 5.54 Å². The van der Waals surface area contributed by atoms with Crippen LogP contribution < -0.4 is 16.4 Å². The molecule has 0 aliphatic heterocycles. The second kappa shape index (κ2) is 5.88. The molecule has 24 heavy (non-hydrogen) atoms. The summed E-state index contributed by atoms with van der Waals surface area (Å²) in [6.45, 7) is 0.476. The fourth-order valence-electron chi connectivity index (χ4n) is 5.67. The van der Waals surface area contributed by atoms with Crippen LogP contribution in [0.15, 0.2) is 24.3 Å². The fraction of sp³-hybridized carbons (Fsp3) is 0.579. The number of quaternary nitrogens is 1. The summed E-state index contributed by atoms with van der Waals surface area (Å²) in [6.07, 6.45) is 8.14. The Kier molecular flexibility index (Phi) is 3.83. The van der Waals surface area contributed by atoms with Gasteiger partial charge in [-0.1, -0.05) is 0 Å². The summed E-state index contributed by atoms with van der Waals surface area (Å²) in [6, 6.07) is 6.73. The van der Waals surface area contributed by atoms with Crippen molar-refractivity contribution in [1.82, 2.24) is 0 Å². The maximum atomic E-state index is 12.3. The van der Waals surface area contributed by atoms with Gasteiger partial charge in [0.25, 0.3) is 5.91 Å². The first-order chi connectivity index (χ1) is 11.5. The highest BCUT2D eigenvalue weighted by molar-refractivity contribution is 5.95. The Morgan fingerprint density at radius 2 is 1.58 bits per heavy atom. The van der Waals surface area contributed by atoms with Crippen LogP contribution in [0.3, 0.4) is 0 Å². The smallest absolute Gasteiger partial charge is 0.279 e. The topological polar surface area (TPSA) is 88.8 Å². The van der Waals surface area contributed by atoms with Crippen molar-refractivity contribution in [3.05, 3.63) is 29.8 Å². The van der Waals surface area contributed by atoms with Crippen LogP contribution in [-0.2, 0) is 4.79 Å². The molecule has 128 valence electrons. The van der Waals surface area contributed by atoms with Gasteiger partial charge in [0, 0.05) is 30.5 Å². The molecule has 4 fully saturated rings. The van der Waals surface area contributed by atoms with Crippen LogP contribution in [0.2, 0.25) is 0 Å². The van der Waals surface area contributed by atoms with Crippen molar-refractivity contribution < 1.29 is 14.9 Å². The maximum absolute atomic E-state index is 12.3. The predicted molar refractivity (Wildman–Crippen MR) is 91.3 cm³/mol. The first-order valence-electron chi connectivity index (χ1n) is 9.05. The van der Waals surface area contributed by atoms with Crippen LogP contribution in [-0.4, -0.2) is 23.9 Å². The molecule has 0 radical (unpaired) electrons. The molecule has 0 spiro atoms. The standard InChI is InChI=1S/C19H25N3O2/c20-18(24)15-1-3-16(4-2-15)22-17(23)11-21-19-8-12-5-13(9-19)7-14(6-12)10-19/h1-4,12-14,21H,5-11H2,(H2,20,24)(H,22,23)/p+1. The molecule has 5 nitrogen and oxygen atoms in total. The molecule has 0 aromatic heterocycles. The molecule has 2 amide bonds. The highest BCUT2D eigenvalue weighted by Crippen LogP contribution is 2.54. The van der Waals surface area contributed by atoms with Gasteiger partial charge in [-0.25, -0.2) is 0 Å². The quantitative estimate of drug-likeness (QED) is 0.759. The summed E-state index contributed by atoms with van der Waals surface area (Å²) < 4.78 is 0. The van der Waals surface area contributed by atoms with Gasteiger partial charge in [0.2, 0.25) is 5.91 Å². The number of carbonyl (C=O) groups excluding carboxylic acids is 2. The highest BCUT2D eigenvalue weighted by atomic mass is 16.2. The Balaban J connectivity index is 1.33. The lowest BCUT2D eigenvalue weighted by molar-refractivity contribution is -0.729. The molecule has 5 heteroatoms. The van der Waals surface area contributed by atoms with Gasteiger partial charge in [-0.2, -0.15) is 0 Å². The second-order valence-corrected chi connectivity index (χ2v) is 8.18. The average molecular weight is 328 g/mol. The number of carbonyl (C=O) groups is 2. The molecule has 5 N–H and O–H groups in total. The summed E-state index contributed by atoms with van der Waals surface area (Å²) in [5.74, 6) is 2.27. The molecule has 4 bridgehead atoms. The molecular formula is C19H26N3O2+. The maximum Gasteiger partial charge on any atom is 0.279 e. The lowest BCUT2D eigenvalue weighted by Gasteiger charge is -2.54. The van der Waals surface area contributed by atoms with E-state index in [1.807, 2.05) is 0 Å². The Bertz CT molecular complexity index is 618. The Hall–Kier alpha value is -1.88. The zero-order valence-electron chi connectivity index (χ0n) is 14.0. The lowest BCUT2D eigenvalue weighted by Crippen LogP contribution is -3.00. The number of rotatable bonds is 5. The van der Waals surface area contributed by atoms with E-state index in [0.717, 1.165) is 17.8 Å². The van der Waals surface area contributed by atoms with Crippen molar-refractivity contribution in [1.29, 1.82) is 0 Å². The first-order valence-corrected chi connectivity index (χ1v) is 9.05. The van der Waals surface area contributed by atoms with E-state index >= 15 is 0 Å². The molecule has 0 heterocycles. The third kappa shape index (κ3) is 3.05. The lowest BCUT2D eigenvalue weighted by atomic mass is 9.53. The van der Waals surface area contributed by atoms with Gasteiger partial charge in [-0.3, -0.25) is 9.59 Å². The second-order valence-electron chi connectivity index (χ2n) is 8.18. The van der Waals surface area contributed by atoms with E-state index in [4.69, 9.17) is 5.73 Å². The molecule has 0 unspecified atom stereocenters. The van der Waals surface area contributed by atoms with Gasteiger partial charge in [-0.15, -0.1) is 0 Å². The van der Waals surface area contributed by atoms with Crippen LogP contribution >= 0.6 is 0 Å². The van der Waals surface area contributed by atoms with E-state index in [1.54, 1.807) is 24.3 Å². The first kappa shape index (κ1) is 15.6. The number of hydrogen-bond acceptors (Lipinski definition) is 2. The number of primary amides is 1. The van der Waals surface area contributed by atoms with Crippen LogP contribution in [0.25, 0.3) is 0 Å². The fourth-order valence-corrected chi connectivity index (χ4v) is 5.67. The molecule has 5 rings (SSSR count). The van der Waals surface area contributed by atoms with E-state index in [9.17, 15) is 9.59 Å². The predicted octanol–water partition coefficient (Wildman–Crippen LogP) is 1.26. The zero-order valence-corrected chi connectivity index (χ0v) is 14.0. The van der Waals surface area contributed by atoms with Crippen LogP contribution in [0, 0.1) is 17.8 Å². The van der Waals surface area contributed by atoms with Gasteiger partial charge < -0.3 is 16.4 Å². The van der Waals surface area contributed by atoms with Gasteiger partial charge in [0.15, 0.2) is 6.54 Å². The van der Waals surface area contributed by atoms with Crippen LogP contribution in [0.1, 0.15) is 48.9 Å². The summed E-state index contributed by atoms with van der Waals surface area (Å²) in [7, 11) is 0. The molecular weight excluding hydrogens is 302 g/mol. The minimum absolute atomic E-state index is 0.0255. The molecule has 0 atom stereocenters. The van der Waals surface area contributed by atoms with Crippen molar-refractivity contribution >= 4 is 17.5 Å². The number of benzene rings is 1. The van der Waals surface area contributed by atoms with E-state index in [2.05, 4.69) is 10.6 Å². The van der Waals surface area contributed by atoms with Gasteiger partial charge in [-0.05, 0) is 61.3 Å². The summed E-state index contributed by atoms with van der Waals surface area (Å²) in [5, 5.41) is 5.23. The minimum Gasteiger partial charge on any atom is -0.366 e. The minimum atomic E-state index is -0.456. The van der Waals surface area contributed by atoms with Gasteiger partial charge >= 0.3 is 0 Å². The van der Waals surface area contributed by atoms with E-state index in [-0.39, 0.29) is 5.91 Å². The van der Waals surface area contributed by atoms with Crippen molar-refractivity contribution in [3.63, 3.8) is 0 Å². The van der Waals surface area contributed by atoms with Crippen molar-refractivity contribution in [3.8, 4) is 0 Å². The van der Waals surface area contributed by atoms with Crippen molar-refractivity contribution in [2.45, 2.75) is 44.1 Å². The number of nitrogens with one attached hydrogen (secondary N) is 1. The number of nitrogens with two attached hydrogens (primary N) is 2. The molecule has 4 aliphatic rings. The number of anilines is 1. The number of amides is 2. The summed E-state index contributed by atoms with van der Waals surface area (Å²) in [4.78, 5) is 23.4. The van der Waals surface area contributed by atoms with Crippen molar-refractivity contribution in [2.75, 3.05) is 11.9 Å². The molecule has 4 saturated carbocycles. The third-order valence-corrected chi connectivity index (χ3v) is 6.26. The SMILES string of the molecule is NC(=O)c1ccc(NC(=O)C[NH2+]C23CC4CC(CC(C4)C2)C3)cc1. The van der Waals surface area contributed by atoms with Crippen LogP contribution in [0.5, 0.6) is 0 Å². The average Bonchev–Trinajstić information content (AvgIpc) is 2.52. The Labute approximate surface area is 142 Å². The van der Waals surface area contributed by atoms with E-state index < -0.39 is 5.91 Å². The Morgan fingerprint density at radius 3 is 2.08 bits per heavy atom. The van der Waals surface area contributed by atoms with E-state index in [1.165, 1.54) is 38.5 Å². The number of hydrogen-bond donors (Lipinski definition) is 3. The summed E-state index contributed by atoms with van der Waals surface area (Å²) >= 11 is 0. The Morgan fingerprint density at radius 1 is 1.04 bits per heavy atom.